The highest BCUT2D eigenvalue weighted by Gasteiger charge is 2.01. The minimum absolute atomic E-state index is 0.346. The van der Waals surface area contributed by atoms with Crippen LogP contribution < -0.4 is 0 Å². The zero-order valence-electron chi connectivity index (χ0n) is 6.66. The van der Waals surface area contributed by atoms with Gasteiger partial charge in [-0.05, 0) is 12.2 Å². The molecular weight excluding hydrogens is 142 g/mol. The van der Waals surface area contributed by atoms with Crippen LogP contribution in [0.2, 0.25) is 0 Å². The van der Waals surface area contributed by atoms with Crippen molar-refractivity contribution in [3.63, 3.8) is 0 Å². The quantitative estimate of drug-likeness (QED) is 0.657. The lowest BCUT2D eigenvalue weighted by atomic mass is 10.3. The van der Waals surface area contributed by atoms with Crippen LogP contribution in [0.15, 0.2) is 24.1 Å². The van der Waals surface area contributed by atoms with Crippen molar-refractivity contribution in [1.29, 1.82) is 0 Å². The van der Waals surface area contributed by atoms with Crippen LogP contribution in [0.1, 0.15) is 0 Å². The van der Waals surface area contributed by atoms with E-state index in [0.29, 0.717) is 5.76 Å². The van der Waals surface area contributed by atoms with E-state index in [1.807, 2.05) is 6.20 Å². The smallest absolute Gasteiger partial charge is 0.114 e. The SMILES string of the molecule is COCCN1C=CC(O)=CC1. The molecule has 0 bridgehead atoms. The molecule has 0 saturated heterocycles. The van der Waals surface area contributed by atoms with Crippen LogP contribution in [-0.2, 0) is 4.74 Å². The number of allylic oxidation sites excluding steroid dienone is 1. The Morgan fingerprint density at radius 2 is 2.55 bits per heavy atom. The number of ether oxygens (including phenoxy) is 1. The summed E-state index contributed by atoms with van der Waals surface area (Å²) in [7, 11) is 1.68. The molecule has 0 aromatic rings. The molecule has 0 radical (unpaired) electrons. The van der Waals surface area contributed by atoms with Crippen molar-refractivity contribution in [1.82, 2.24) is 4.90 Å². The first-order chi connectivity index (χ1) is 5.33. The second-order valence-electron chi connectivity index (χ2n) is 2.43. The van der Waals surface area contributed by atoms with Gasteiger partial charge in [-0.15, -0.1) is 0 Å². The predicted octanol–water partition coefficient (Wildman–Crippen LogP) is 0.904. The van der Waals surface area contributed by atoms with Crippen molar-refractivity contribution in [2.24, 2.45) is 0 Å². The predicted molar refractivity (Wildman–Crippen MR) is 43.3 cm³/mol. The molecule has 0 aromatic heterocycles. The lowest BCUT2D eigenvalue weighted by molar-refractivity contribution is 0.172. The summed E-state index contributed by atoms with van der Waals surface area (Å²) >= 11 is 0. The molecule has 1 aliphatic rings. The highest BCUT2D eigenvalue weighted by Crippen LogP contribution is 2.02. The molecule has 3 nitrogen and oxygen atoms in total. The van der Waals surface area contributed by atoms with Gasteiger partial charge in [-0.1, -0.05) is 0 Å². The summed E-state index contributed by atoms with van der Waals surface area (Å²) in [6.07, 6.45) is 5.32. The molecular formula is C8H13NO2. The van der Waals surface area contributed by atoms with E-state index >= 15 is 0 Å². The van der Waals surface area contributed by atoms with Crippen LogP contribution in [0.4, 0.5) is 0 Å². The third kappa shape index (κ3) is 2.63. The fraction of sp³-hybridized carbons (Fsp3) is 0.500. The van der Waals surface area contributed by atoms with E-state index in [1.165, 1.54) is 0 Å². The maximum Gasteiger partial charge on any atom is 0.114 e. The lowest BCUT2D eigenvalue weighted by Gasteiger charge is -2.20. The second kappa shape index (κ2) is 4.03. The minimum Gasteiger partial charge on any atom is -0.508 e. The number of nitrogens with zero attached hydrogens (tertiary/aromatic N) is 1. The van der Waals surface area contributed by atoms with Crippen LogP contribution in [0.3, 0.4) is 0 Å². The first kappa shape index (κ1) is 8.14. The largest absolute Gasteiger partial charge is 0.508 e. The molecule has 1 N–H and O–H groups in total. The number of aliphatic hydroxyl groups is 1. The third-order valence-corrected chi connectivity index (χ3v) is 1.57. The summed E-state index contributed by atoms with van der Waals surface area (Å²) in [4.78, 5) is 2.07. The van der Waals surface area contributed by atoms with Gasteiger partial charge in [0.2, 0.25) is 0 Å². The van der Waals surface area contributed by atoms with E-state index in [9.17, 15) is 0 Å². The molecule has 0 saturated carbocycles. The van der Waals surface area contributed by atoms with Crippen molar-refractivity contribution in [3.05, 3.63) is 24.1 Å². The van der Waals surface area contributed by atoms with Gasteiger partial charge in [0.1, 0.15) is 5.76 Å². The molecule has 1 heterocycles. The van der Waals surface area contributed by atoms with Crippen molar-refractivity contribution in [2.45, 2.75) is 0 Å². The minimum atomic E-state index is 0.346. The molecule has 3 heteroatoms. The monoisotopic (exact) mass is 155 g/mol. The maximum absolute atomic E-state index is 8.97. The molecule has 62 valence electrons. The number of aliphatic hydroxyl groups excluding tert-OH is 1. The van der Waals surface area contributed by atoms with E-state index < -0.39 is 0 Å². The average Bonchev–Trinajstić information content (AvgIpc) is 2.04. The van der Waals surface area contributed by atoms with Gasteiger partial charge in [-0.2, -0.15) is 0 Å². The highest BCUT2D eigenvalue weighted by molar-refractivity contribution is 5.14. The molecule has 0 atom stereocenters. The van der Waals surface area contributed by atoms with Gasteiger partial charge < -0.3 is 14.7 Å². The zero-order chi connectivity index (χ0) is 8.10. The Bertz CT molecular complexity index is 175. The molecule has 0 unspecified atom stereocenters. The lowest BCUT2D eigenvalue weighted by Crippen LogP contribution is -2.23. The number of hydrogen-bond donors (Lipinski definition) is 1. The molecule has 0 fully saturated rings. The Balaban J connectivity index is 2.25. The highest BCUT2D eigenvalue weighted by atomic mass is 16.5. The van der Waals surface area contributed by atoms with Crippen molar-refractivity contribution >= 4 is 0 Å². The van der Waals surface area contributed by atoms with Crippen molar-refractivity contribution in [2.75, 3.05) is 26.8 Å². The van der Waals surface area contributed by atoms with Gasteiger partial charge in [0.15, 0.2) is 0 Å². The summed E-state index contributed by atoms with van der Waals surface area (Å²) in [5, 5.41) is 8.97. The van der Waals surface area contributed by atoms with Gasteiger partial charge >= 0.3 is 0 Å². The average molecular weight is 155 g/mol. The Hall–Kier alpha value is -0.960. The van der Waals surface area contributed by atoms with Gasteiger partial charge in [-0.25, -0.2) is 0 Å². The van der Waals surface area contributed by atoms with Gasteiger partial charge in [0.05, 0.1) is 6.61 Å². The Morgan fingerprint density at radius 1 is 1.73 bits per heavy atom. The fourth-order valence-electron chi connectivity index (χ4n) is 0.896. The standard InChI is InChI=1S/C8H13NO2/c1-11-7-6-9-4-2-8(10)3-5-9/h2-4,10H,5-7H2,1H3. The molecule has 1 rings (SSSR count). The second-order valence-corrected chi connectivity index (χ2v) is 2.43. The molecule has 1 aliphatic heterocycles. The van der Waals surface area contributed by atoms with Crippen LogP contribution in [0, 0.1) is 0 Å². The van der Waals surface area contributed by atoms with Gasteiger partial charge in [-0.3, -0.25) is 0 Å². The van der Waals surface area contributed by atoms with Crippen molar-refractivity contribution in [3.8, 4) is 0 Å². The molecule has 0 spiro atoms. The molecule has 11 heavy (non-hydrogen) atoms. The van der Waals surface area contributed by atoms with Gasteiger partial charge in [0, 0.05) is 26.4 Å². The number of methoxy groups -OCH3 is 1. The maximum atomic E-state index is 8.97. The Morgan fingerprint density at radius 3 is 3.09 bits per heavy atom. The summed E-state index contributed by atoms with van der Waals surface area (Å²) in [5.41, 5.74) is 0. The van der Waals surface area contributed by atoms with Gasteiger partial charge in [0.25, 0.3) is 0 Å². The topological polar surface area (TPSA) is 32.7 Å². The number of hydrogen-bond acceptors (Lipinski definition) is 3. The molecule has 0 amide bonds. The van der Waals surface area contributed by atoms with E-state index in [0.717, 1.165) is 19.7 Å². The van der Waals surface area contributed by atoms with Crippen LogP contribution in [0.5, 0.6) is 0 Å². The first-order valence-electron chi connectivity index (χ1n) is 3.63. The van der Waals surface area contributed by atoms with E-state index in [2.05, 4.69) is 4.90 Å². The summed E-state index contributed by atoms with van der Waals surface area (Å²) in [5.74, 6) is 0.346. The third-order valence-electron chi connectivity index (χ3n) is 1.57. The summed E-state index contributed by atoms with van der Waals surface area (Å²) < 4.78 is 4.91. The number of rotatable bonds is 3. The summed E-state index contributed by atoms with van der Waals surface area (Å²) in [6, 6.07) is 0. The Labute approximate surface area is 66.6 Å². The summed E-state index contributed by atoms with van der Waals surface area (Å²) in [6.45, 7) is 2.36. The molecule has 0 aromatic carbocycles. The Kier molecular flexibility index (Phi) is 2.98. The molecule has 0 aliphatic carbocycles. The van der Waals surface area contributed by atoms with E-state index in [-0.39, 0.29) is 0 Å². The van der Waals surface area contributed by atoms with Crippen LogP contribution in [0.25, 0.3) is 0 Å². The van der Waals surface area contributed by atoms with Crippen LogP contribution in [-0.4, -0.2) is 36.8 Å². The fourth-order valence-corrected chi connectivity index (χ4v) is 0.896. The van der Waals surface area contributed by atoms with Crippen LogP contribution >= 0.6 is 0 Å². The van der Waals surface area contributed by atoms with E-state index in [4.69, 9.17) is 9.84 Å². The normalized spacial score (nSPS) is 16.8. The first-order valence-corrected chi connectivity index (χ1v) is 3.63. The van der Waals surface area contributed by atoms with E-state index in [1.54, 1.807) is 19.3 Å². The van der Waals surface area contributed by atoms with Crippen molar-refractivity contribution < 1.29 is 9.84 Å². The zero-order valence-corrected chi connectivity index (χ0v) is 6.66.